The SMILES string of the molecule is O=C(Nc1nc2c(s1)C[NH+](Cc1ccccc1)CC2)c1ccc(OC(F)F)cc1. The molecule has 2 N–H and O–H groups in total. The Bertz CT molecular complexity index is 977. The van der Waals surface area contributed by atoms with Gasteiger partial charge in [-0.1, -0.05) is 41.7 Å². The molecule has 0 spiro atoms. The van der Waals surface area contributed by atoms with Gasteiger partial charge in [-0.2, -0.15) is 8.78 Å². The fourth-order valence-corrected chi connectivity index (χ4v) is 4.45. The highest BCUT2D eigenvalue weighted by molar-refractivity contribution is 7.15. The average Bonchev–Trinajstić information content (AvgIpc) is 3.10. The molecule has 29 heavy (non-hydrogen) atoms. The average molecular weight is 416 g/mol. The van der Waals surface area contributed by atoms with Crippen molar-refractivity contribution in [1.82, 2.24) is 4.98 Å². The Morgan fingerprint density at radius 2 is 1.93 bits per heavy atom. The molecule has 2 aromatic carbocycles. The second-order valence-corrected chi connectivity index (χ2v) is 7.92. The largest absolute Gasteiger partial charge is 0.435 e. The maximum absolute atomic E-state index is 12.4. The number of thiazole rings is 1. The molecule has 0 saturated heterocycles. The van der Waals surface area contributed by atoms with Gasteiger partial charge in [0.05, 0.1) is 17.1 Å². The van der Waals surface area contributed by atoms with E-state index in [0.29, 0.717) is 10.7 Å². The van der Waals surface area contributed by atoms with Gasteiger partial charge >= 0.3 is 6.61 Å². The van der Waals surface area contributed by atoms with Crippen LogP contribution in [0.5, 0.6) is 5.75 Å². The van der Waals surface area contributed by atoms with Gasteiger partial charge in [0.2, 0.25) is 0 Å². The number of rotatable bonds is 6. The molecular formula is C21H20F2N3O2S+. The number of quaternary nitrogens is 1. The van der Waals surface area contributed by atoms with E-state index in [1.165, 1.54) is 50.9 Å². The summed E-state index contributed by atoms with van der Waals surface area (Å²) in [4.78, 5) is 19.7. The van der Waals surface area contributed by atoms with Gasteiger partial charge in [0.1, 0.15) is 18.8 Å². The number of hydrogen-bond donors (Lipinski definition) is 2. The van der Waals surface area contributed by atoms with Gasteiger partial charge in [-0.15, -0.1) is 0 Å². The Kier molecular flexibility index (Phi) is 5.82. The van der Waals surface area contributed by atoms with Gasteiger partial charge in [0.25, 0.3) is 5.91 Å². The van der Waals surface area contributed by atoms with Gasteiger partial charge in [0, 0.05) is 17.5 Å². The van der Waals surface area contributed by atoms with Crippen LogP contribution in [-0.4, -0.2) is 24.0 Å². The van der Waals surface area contributed by atoms with Crippen LogP contribution in [0.4, 0.5) is 13.9 Å². The molecular weight excluding hydrogens is 396 g/mol. The van der Waals surface area contributed by atoms with Crippen LogP contribution in [-0.2, 0) is 19.5 Å². The van der Waals surface area contributed by atoms with Gasteiger partial charge in [-0.3, -0.25) is 10.1 Å². The molecule has 0 aliphatic carbocycles. The van der Waals surface area contributed by atoms with E-state index in [2.05, 4.69) is 39.3 Å². The zero-order chi connectivity index (χ0) is 20.2. The van der Waals surface area contributed by atoms with E-state index in [1.807, 2.05) is 6.07 Å². The first-order valence-corrected chi connectivity index (χ1v) is 10.1. The Labute approximate surface area is 171 Å². The van der Waals surface area contributed by atoms with E-state index in [4.69, 9.17) is 0 Å². The molecule has 8 heteroatoms. The standard InChI is InChI=1S/C21H19F2N3O2S/c22-20(23)28-16-8-6-15(7-9-16)19(27)25-21-24-17-10-11-26(13-18(17)29-21)12-14-4-2-1-3-5-14/h1-9,20H,10-13H2,(H,24,25,27)/p+1. The van der Waals surface area contributed by atoms with Crippen molar-refractivity contribution >= 4 is 22.4 Å². The van der Waals surface area contributed by atoms with Crippen molar-refractivity contribution in [3.63, 3.8) is 0 Å². The predicted octanol–water partition coefficient (Wildman–Crippen LogP) is 3.14. The second kappa shape index (κ2) is 8.67. The predicted molar refractivity (Wildman–Crippen MR) is 107 cm³/mol. The normalized spacial score (nSPS) is 15.8. The lowest BCUT2D eigenvalue weighted by molar-refractivity contribution is -0.929. The van der Waals surface area contributed by atoms with Gasteiger partial charge in [0.15, 0.2) is 5.13 Å². The van der Waals surface area contributed by atoms with Crippen molar-refractivity contribution in [3.05, 3.63) is 76.3 Å². The fraction of sp³-hybridized carbons (Fsp3) is 0.238. The zero-order valence-corrected chi connectivity index (χ0v) is 16.3. The summed E-state index contributed by atoms with van der Waals surface area (Å²) in [6.07, 6.45) is 0.879. The number of alkyl halides is 2. The molecule has 0 saturated carbocycles. The Hall–Kier alpha value is -2.84. The molecule has 1 atom stereocenters. The minimum absolute atomic E-state index is 0.0164. The Morgan fingerprint density at radius 1 is 1.17 bits per heavy atom. The van der Waals surface area contributed by atoms with Crippen molar-refractivity contribution in [2.45, 2.75) is 26.1 Å². The van der Waals surface area contributed by atoms with E-state index in [9.17, 15) is 13.6 Å². The molecule has 0 radical (unpaired) electrons. The first-order valence-electron chi connectivity index (χ1n) is 9.29. The number of nitrogens with one attached hydrogen (secondary N) is 2. The van der Waals surface area contributed by atoms with Crippen LogP contribution in [0.3, 0.4) is 0 Å². The monoisotopic (exact) mass is 416 g/mol. The number of ether oxygens (including phenoxy) is 1. The number of amides is 1. The number of halogens is 2. The number of benzene rings is 2. The topological polar surface area (TPSA) is 55.7 Å². The van der Waals surface area contributed by atoms with E-state index in [0.717, 1.165) is 31.7 Å². The molecule has 1 amide bonds. The van der Waals surface area contributed by atoms with Crippen molar-refractivity contribution in [2.75, 3.05) is 11.9 Å². The molecule has 3 aromatic rings. The molecule has 1 aliphatic heterocycles. The highest BCUT2D eigenvalue weighted by Gasteiger charge is 2.24. The number of aromatic nitrogens is 1. The summed E-state index contributed by atoms with van der Waals surface area (Å²) in [6, 6.07) is 16.0. The summed E-state index contributed by atoms with van der Waals surface area (Å²) in [7, 11) is 0. The molecule has 1 aliphatic rings. The maximum atomic E-state index is 12.4. The van der Waals surface area contributed by atoms with Crippen LogP contribution in [0.15, 0.2) is 54.6 Å². The third-order valence-electron chi connectivity index (χ3n) is 4.76. The number of hydrogen-bond acceptors (Lipinski definition) is 4. The quantitative estimate of drug-likeness (QED) is 0.649. The second-order valence-electron chi connectivity index (χ2n) is 6.84. The van der Waals surface area contributed by atoms with E-state index in [-0.39, 0.29) is 11.7 Å². The van der Waals surface area contributed by atoms with Crippen LogP contribution < -0.4 is 15.0 Å². The molecule has 0 bridgehead atoms. The summed E-state index contributed by atoms with van der Waals surface area (Å²) < 4.78 is 28.7. The summed E-state index contributed by atoms with van der Waals surface area (Å²) in [5, 5.41) is 3.37. The van der Waals surface area contributed by atoms with Gasteiger partial charge in [-0.25, -0.2) is 4.98 Å². The van der Waals surface area contributed by atoms with Crippen molar-refractivity contribution in [2.24, 2.45) is 0 Å². The summed E-state index contributed by atoms with van der Waals surface area (Å²) in [6.45, 7) is -0.0329. The zero-order valence-electron chi connectivity index (χ0n) is 15.5. The minimum atomic E-state index is -2.89. The molecule has 150 valence electrons. The number of carbonyl (C=O) groups is 1. The van der Waals surface area contributed by atoms with Crippen molar-refractivity contribution in [1.29, 1.82) is 0 Å². The lowest BCUT2D eigenvalue weighted by Gasteiger charge is -2.22. The molecule has 1 unspecified atom stereocenters. The summed E-state index contributed by atoms with van der Waals surface area (Å²) in [5.41, 5.74) is 2.71. The number of fused-ring (bicyclic) bond motifs is 1. The van der Waals surface area contributed by atoms with Crippen LogP contribution in [0.1, 0.15) is 26.5 Å². The van der Waals surface area contributed by atoms with Crippen LogP contribution in [0.25, 0.3) is 0 Å². The highest BCUT2D eigenvalue weighted by atomic mass is 32.1. The molecule has 0 fully saturated rings. The molecule has 4 rings (SSSR count). The van der Waals surface area contributed by atoms with Crippen molar-refractivity contribution in [3.8, 4) is 5.75 Å². The van der Waals surface area contributed by atoms with Crippen LogP contribution in [0.2, 0.25) is 0 Å². The van der Waals surface area contributed by atoms with Gasteiger partial charge < -0.3 is 9.64 Å². The third kappa shape index (κ3) is 4.96. The first kappa shape index (κ1) is 19.5. The third-order valence-corrected chi connectivity index (χ3v) is 5.78. The first-order chi connectivity index (χ1) is 14.1. The molecule has 5 nitrogen and oxygen atoms in total. The Morgan fingerprint density at radius 3 is 2.66 bits per heavy atom. The van der Waals surface area contributed by atoms with E-state index in [1.54, 1.807) is 0 Å². The van der Waals surface area contributed by atoms with Crippen molar-refractivity contribution < 1.29 is 23.2 Å². The molecule has 2 heterocycles. The van der Waals surface area contributed by atoms with Gasteiger partial charge in [-0.05, 0) is 24.3 Å². The number of anilines is 1. The molecule has 1 aromatic heterocycles. The summed E-state index contributed by atoms with van der Waals surface area (Å²) >= 11 is 1.50. The van der Waals surface area contributed by atoms with E-state index >= 15 is 0 Å². The van der Waals surface area contributed by atoms with E-state index < -0.39 is 6.61 Å². The minimum Gasteiger partial charge on any atom is -0.435 e. The Balaban J connectivity index is 1.38. The fourth-order valence-electron chi connectivity index (χ4n) is 3.37. The smallest absolute Gasteiger partial charge is 0.387 e. The number of nitrogens with zero attached hydrogens (tertiary/aromatic N) is 1. The highest BCUT2D eigenvalue weighted by Crippen LogP contribution is 2.25. The lowest BCUT2D eigenvalue weighted by atomic mass is 10.1. The summed E-state index contributed by atoms with van der Waals surface area (Å²) in [5.74, 6) is -0.309. The number of carbonyl (C=O) groups excluding carboxylic acids is 1. The lowest BCUT2D eigenvalue weighted by Crippen LogP contribution is -3.10. The maximum Gasteiger partial charge on any atom is 0.387 e. The van der Waals surface area contributed by atoms with Crippen LogP contribution in [0, 0.1) is 0 Å². The van der Waals surface area contributed by atoms with Crippen LogP contribution >= 0.6 is 11.3 Å².